The van der Waals surface area contributed by atoms with Gasteiger partial charge in [-0.2, -0.15) is 12.6 Å². The second kappa shape index (κ2) is 4.73. The van der Waals surface area contributed by atoms with E-state index in [1.54, 1.807) is 0 Å². The Morgan fingerprint density at radius 3 is 2.83 bits per heavy atom. The molecular weight excluding hydrogens is 232 g/mol. The number of benzene rings is 1. The molecule has 0 radical (unpaired) electrons. The first-order valence-electron chi connectivity index (χ1n) is 3.77. The van der Waals surface area contributed by atoms with Crippen LogP contribution in [0.3, 0.4) is 0 Å². The first kappa shape index (κ1) is 9.87. The van der Waals surface area contributed by atoms with Crippen LogP contribution in [0.5, 0.6) is 0 Å². The molecule has 0 N–H and O–H groups in total. The Morgan fingerprint density at radius 2 is 2.25 bits per heavy atom. The van der Waals surface area contributed by atoms with Crippen LogP contribution >= 0.6 is 28.6 Å². The minimum atomic E-state index is 0.787. The lowest BCUT2D eigenvalue weighted by Crippen LogP contribution is -1.77. The van der Waals surface area contributed by atoms with Crippen LogP contribution in [0.2, 0.25) is 0 Å². The van der Waals surface area contributed by atoms with Gasteiger partial charge in [-0.05, 0) is 24.1 Å². The molecule has 1 aromatic carbocycles. The number of hydrogen-bond donors (Lipinski definition) is 1. The lowest BCUT2D eigenvalue weighted by Gasteiger charge is -1.98. The van der Waals surface area contributed by atoms with Crippen LogP contribution in [0.4, 0.5) is 0 Å². The second-order valence-corrected chi connectivity index (χ2v) is 3.81. The highest BCUT2D eigenvalue weighted by atomic mass is 79.9. The maximum atomic E-state index is 4.10. The molecule has 0 fully saturated rings. The molecule has 1 rings (SSSR count). The lowest BCUT2D eigenvalue weighted by molar-refractivity contribution is 1.42. The van der Waals surface area contributed by atoms with Gasteiger partial charge in [0, 0.05) is 10.2 Å². The number of thiol groups is 1. The largest absolute Gasteiger partial charge is 0.175 e. The molecule has 2 heteroatoms. The summed E-state index contributed by atoms with van der Waals surface area (Å²) in [5, 5.41) is 0. The maximum Gasteiger partial charge on any atom is 0.0204 e. The predicted octanol–water partition coefficient (Wildman–Crippen LogP) is 3.70. The molecule has 0 aliphatic heterocycles. The minimum absolute atomic E-state index is 0.787. The van der Waals surface area contributed by atoms with Crippen LogP contribution in [0.15, 0.2) is 28.7 Å². The van der Waals surface area contributed by atoms with Gasteiger partial charge in [-0.15, -0.1) is 0 Å². The molecular formula is C10H11BrS. The molecule has 0 unspecified atom stereocenters. The molecule has 0 amide bonds. The number of rotatable bonds is 2. The normalized spacial score (nSPS) is 10.9. The van der Waals surface area contributed by atoms with Crippen molar-refractivity contribution in [2.75, 3.05) is 5.75 Å². The van der Waals surface area contributed by atoms with Crippen molar-refractivity contribution in [1.82, 2.24) is 0 Å². The van der Waals surface area contributed by atoms with Gasteiger partial charge in [0.15, 0.2) is 0 Å². The highest BCUT2D eigenvalue weighted by molar-refractivity contribution is 9.10. The van der Waals surface area contributed by atoms with E-state index >= 15 is 0 Å². The van der Waals surface area contributed by atoms with E-state index in [-0.39, 0.29) is 0 Å². The average molecular weight is 243 g/mol. The Hall–Kier alpha value is -0.210. The number of hydrogen-bond acceptors (Lipinski definition) is 1. The van der Waals surface area contributed by atoms with Gasteiger partial charge >= 0.3 is 0 Å². The fourth-order valence-electron chi connectivity index (χ4n) is 0.960. The van der Waals surface area contributed by atoms with Gasteiger partial charge in [-0.1, -0.05) is 40.2 Å². The maximum absolute atomic E-state index is 4.10. The van der Waals surface area contributed by atoms with Crippen molar-refractivity contribution in [2.24, 2.45) is 0 Å². The summed E-state index contributed by atoms with van der Waals surface area (Å²) in [6.07, 6.45) is 4.11. The molecule has 0 saturated carbocycles. The van der Waals surface area contributed by atoms with Crippen LogP contribution in [-0.2, 0) is 0 Å². The third-order valence-electron chi connectivity index (χ3n) is 1.60. The van der Waals surface area contributed by atoms with Crippen molar-refractivity contribution >= 4 is 34.6 Å². The summed E-state index contributed by atoms with van der Waals surface area (Å²) in [5.41, 5.74) is 2.49. The molecule has 0 atom stereocenters. The Kier molecular flexibility index (Phi) is 3.89. The summed E-state index contributed by atoms with van der Waals surface area (Å²) in [6, 6.07) is 6.29. The monoisotopic (exact) mass is 242 g/mol. The van der Waals surface area contributed by atoms with Crippen LogP contribution in [0.1, 0.15) is 11.1 Å². The topological polar surface area (TPSA) is 0 Å². The summed E-state index contributed by atoms with van der Waals surface area (Å²) in [5.74, 6) is 0.787. The zero-order valence-corrected chi connectivity index (χ0v) is 9.40. The van der Waals surface area contributed by atoms with Gasteiger partial charge in [0.1, 0.15) is 0 Å². The van der Waals surface area contributed by atoms with E-state index in [1.807, 2.05) is 6.08 Å². The van der Waals surface area contributed by atoms with Crippen LogP contribution in [-0.4, -0.2) is 5.75 Å². The minimum Gasteiger partial charge on any atom is -0.175 e. The molecule has 64 valence electrons. The predicted molar refractivity (Wildman–Crippen MR) is 61.8 cm³/mol. The molecule has 0 spiro atoms. The van der Waals surface area contributed by atoms with E-state index in [2.05, 4.69) is 59.8 Å². The van der Waals surface area contributed by atoms with Crippen molar-refractivity contribution in [3.63, 3.8) is 0 Å². The first-order valence-corrected chi connectivity index (χ1v) is 5.20. The quantitative estimate of drug-likeness (QED) is 0.752. The highest BCUT2D eigenvalue weighted by Gasteiger charge is 1.93. The van der Waals surface area contributed by atoms with Crippen LogP contribution in [0.25, 0.3) is 6.08 Å². The fraction of sp³-hybridized carbons (Fsp3) is 0.200. The summed E-state index contributed by atoms with van der Waals surface area (Å²) < 4.78 is 1.16. The molecule has 0 heterocycles. The van der Waals surface area contributed by atoms with Gasteiger partial charge in [0.05, 0.1) is 0 Å². The highest BCUT2D eigenvalue weighted by Crippen LogP contribution is 2.17. The third kappa shape index (κ3) is 2.68. The average Bonchev–Trinajstić information content (AvgIpc) is 2.07. The molecule has 0 bridgehead atoms. The van der Waals surface area contributed by atoms with E-state index in [0.717, 1.165) is 10.2 Å². The van der Waals surface area contributed by atoms with Crippen molar-refractivity contribution in [3.05, 3.63) is 39.9 Å². The first-order chi connectivity index (χ1) is 5.74. The summed E-state index contributed by atoms with van der Waals surface area (Å²) in [6.45, 7) is 2.09. The zero-order valence-electron chi connectivity index (χ0n) is 6.92. The Morgan fingerprint density at radius 1 is 1.50 bits per heavy atom. The fourth-order valence-corrected chi connectivity index (χ4v) is 1.31. The Labute approximate surface area is 87.2 Å². The summed E-state index contributed by atoms with van der Waals surface area (Å²) >= 11 is 7.56. The van der Waals surface area contributed by atoms with E-state index in [9.17, 15) is 0 Å². The van der Waals surface area contributed by atoms with Gasteiger partial charge in [0.2, 0.25) is 0 Å². The molecule has 0 saturated heterocycles. The van der Waals surface area contributed by atoms with E-state index in [1.165, 1.54) is 11.1 Å². The van der Waals surface area contributed by atoms with Crippen molar-refractivity contribution < 1.29 is 0 Å². The van der Waals surface area contributed by atoms with E-state index in [4.69, 9.17) is 0 Å². The molecule has 0 aliphatic rings. The molecule has 1 aromatic rings. The van der Waals surface area contributed by atoms with Crippen molar-refractivity contribution in [1.29, 1.82) is 0 Å². The lowest BCUT2D eigenvalue weighted by atomic mass is 10.1. The zero-order chi connectivity index (χ0) is 8.97. The standard InChI is InChI=1S/C10H11BrS/c1-8-7-9(3-2-6-12)4-5-10(8)11/h2-5,7,12H,6H2,1H3. The SMILES string of the molecule is Cc1cc(C=CCS)ccc1Br. The van der Waals surface area contributed by atoms with Gasteiger partial charge in [0.25, 0.3) is 0 Å². The molecule has 0 aromatic heterocycles. The van der Waals surface area contributed by atoms with E-state index < -0.39 is 0 Å². The van der Waals surface area contributed by atoms with Crippen LogP contribution < -0.4 is 0 Å². The van der Waals surface area contributed by atoms with Gasteiger partial charge in [-0.3, -0.25) is 0 Å². The number of halogens is 1. The third-order valence-corrected chi connectivity index (χ3v) is 2.70. The summed E-state index contributed by atoms with van der Waals surface area (Å²) in [7, 11) is 0. The van der Waals surface area contributed by atoms with Gasteiger partial charge < -0.3 is 0 Å². The van der Waals surface area contributed by atoms with Gasteiger partial charge in [-0.25, -0.2) is 0 Å². The molecule has 0 aliphatic carbocycles. The summed E-state index contributed by atoms with van der Waals surface area (Å²) in [4.78, 5) is 0. The Bertz CT molecular complexity index is 292. The van der Waals surface area contributed by atoms with Crippen molar-refractivity contribution in [3.8, 4) is 0 Å². The molecule has 12 heavy (non-hydrogen) atoms. The second-order valence-electron chi connectivity index (χ2n) is 2.59. The van der Waals surface area contributed by atoms with E-state index in [0.29, 0.717) is 0 Å². The molecule has 0 nitrogen and oxygen atoms in total. The smallest absolute Gasteiger partial charge is 0.0204 e. The number of aryl methyl sites for hydroxylation is 1. The Balaban J connectivity index is 2.89. The van der Waals surface area contributed by atoms with Crippen LogP contribution in [0, 0.1) is 6.92 Å². The van der Waals surface area contributed by atoms with Crippen molar-refractivity contribution in [2.45, 2.75) is 6.92 Å².